The summed E-state index contributed by atoms with van der Waals surface area (Å²) in [5.41, 5.74) is 2.58. The molecule has 148 valence electrons. The fourth-order valence-electron chi connectivity index (χ4n) is 3.45. The Labute approximate surface area is 176 Å². The average molecular weight is 407 g/mol. The first-order valence-electron chi connectivity index (χ1n) is 9.48. The maximum Gasteiger partial charge on any atom is 0.258 e. The van der Waals surface area contributed by atoms with Crippen LogP contribution < -0.4 is 5.32 Å². The maximum atomic E-state index is 14.1. The molecule has 0 aliphatic rings. The highest BCUT2D eigenvalue weighted by atomic mass is 19.1. The van der Waals surface area contributed by atoms with Crippen LogP contribution in [-0.4, -0.2) is 20.9 Å². The van der Waals surface area contributed by atoms with Crippen LogP contribution in [0.4, 0.5) is 10.1 Å². The first-order chi connectivity index (χ1) is 15.1. The number of nitrogens with zero attached hydrogens (tertiary/aromatic N) is 4. The summed E-state index contributed by atoms with van der Waals surface area (Å²) in [5.74, 6) is -1.36. The van der Waals surface area contributed by atoms with Gasteiger partial charge in [0.15, 0.2) is 0 Å². The van der Waals surface area contributed by atoms with Crippen molar-refractivity contribution < 1.29 is 9.18 Å². The zero-order valence-corrected chi connectivity index (χ0v) is 16.1. The molecule has 5 aromatic rings. The number of fused-ring (bicyclic) bond motifs is 2. The maximum absolute atomic E-state index is 14.1. The third-order valence-corrected chi connectivity index (χ3v) is 4.96. The van der Waals surface area contributed by atoms with Crippen LogP contribution in [0.25, 0.3) is 27.5 Å². The molecule has 0 fully saturated rings. The molecule has 0 aliphatic carbocycles. The number of anilines is 1. The van der Waals surface area contributed by atoms with E-state index in [0.717, 1.165) is 22.5 Å². The highest BCUT2D eigenvalue weighted by molar-refractivity contribution is 6.05. The van der Waals surface area contributed by atoms with Crippen molar-refractivity contribution >= 4 is 33.4 Å². The summed E-state index contributed by atoms with van der Waals surface area (Å²) >= 11 is 0. The molecule has 0 bridgehead atoms. The van der Waals surface area contributed by atoms with Gasteiger partial charge in [-0.3, -0.25) is 4.79 Å². The zero-order chi connectivity index (χ0) is 21.4. The van der Waals surface area contributed by atoms with Gasteiger partial charge in [-0.2, -0.15) is 5.26 Å². The average Bonchev–Trinajstić information content (AvgIpc) is 3.21. The largest absolute Gasteiger partial charge is 0.322 e. The van der Waals surface area contributed by atoms with E-state index in [1.165, 1.54) is 12.1 Å². The second-order valence-corrected chi connectivity index (χ2v) is 6.95. The van der Waals surface area contributed by atoms with Gasteiger partial charge >= 0.3 is 0 Å². The molecule has 1 heterocycles. The van der Waals surface area contributed by atoms with Gasteiger partial charge < -0.3 is 5.32 Å². The molecule has 31 heavy (non-hydrogen) atoms. The van der Waals surface area contributed by atoms with Gasteiger partial charge in [-0.05, 0) is 47.9 Å². The van der Waals surface area contributed by atoms with Crippen molar-refractivity contribution in [3.05, 3.63) is 95.8 Å². The number of carbonyl (C=O) groups is 1. The topological polar surface area (TPSA) is 83.6 Å². The van der Waals surface area contributed by atoms with Crippen LogP contribution in [-0.2, 0) is 0 Å². The van der Waals surface area contributed by atoms with Gasteiger partial charge in [-0.15, -0.1) is 15.0 Å². The summed E-state index contributed by atoms with van der Waals surface area (Å²) < 4.78 is 14.1. The number of hydrogen-bond donors (Lipinski definition) is 1. The van der Waals surface area contributed by atoms with E-state index in [1.807, 2.05) is 48.5 Å². The SMILES string of the molecule is N#Cc1ccc(C(=O)Nc2ccc3nn(-c4cccc5ccccc45)nc3c2)c(F)c1. The van der Waals surface area contributed by atoms with Crippen LogP contribution in [0, 0.1) is 17.1 Å². The molecular weight excluding hydrogens is 393 g/mol. The number of nitriles is 1. The Balaban J connectivity index is 1.47. The van der Waals surface area contributed by atoms with E-state index < -0.39 is 11.7 Å². The number of carbonyl (C=O) groups excluding carboxylic acids is 1. The van der Waals surface area contributed by atoms with E-state index in [1.54, 1.807) is 23.0 Å². The van der Waals surface area contributed by atoms with Crippen molar-refractivity contribution in [2.24, 2.45) is 0 Å². The summed E-state index contributed by atoms with van der Waals surface area (Å²) in [4.78, 5) is 14.0. The second kappa shape index (κ2) is 7.35. The molecule has 6 nitrogen and oxygen atoms in total. The zero-order valence-electron chi connectivity index (χ0n) is 16.1. The Morgan fingerprint density at radius 2 is 1.74 bits per heavy atom. The van der Waals surface area contributed by atoms with Crippen LogP contribution in [0.2, 0.25) is 0 Å². The molecule has 1 N–H and O–H groups in total. The molecule has 0 atom stereocenters. The quantitative estimate of drug-likeness (QED) is 0.464. The van der Waals surface area contributed by atoms with Crippen molar-refractivity contribution in [2.45, 2.75) is 0 Å². The van der Waals surface area contributed by atoms with Crippen molar-refractivity contribution in [1.29, 1.82) is 5.26 Å². The van der Waals surface area contributed by atoms with Crippen molar-refractivity contribution in [3.63, 3.8) is 0 Å². The fraction of sp³-hybridized carbons (Fsp3) is 0. The normalized spacial score (nSPS) is 10.8. The standard InChI is InChI=1S/C24H14FN5O/c25-20-12-15(14-26)8-10-19(20)24(31)27-17-9-11-21-22(13-17)29-30(28-21)23-7-3-5-16-4-1-2-6-18(16)23/h1-13H,(H,27,31). The van der Waals surface area contributed by atoms with Crippen LogP contribution in [0.1, 0.15) is 15.9 Å². The predicted molar refractivity (Wildman–Crippen MR) is 115 cm³/mol. The molecule has 0 aliphatic heterocycles. The molecule has 0 saturated heterocycles. The van der Waals surface area contributed by atoms with E-state index >= 15 is 0 Å². The van der Waals surface area contributed by atoms with Gasteiger partial charge in [-0.25, -0.2) is 4.39 Å². The number of benzene rings is 4. The minimum Gasteiger partial charge on any atom is -0.322 e. The molecule has 1 aromatic heterocycles. The minimum absolute atomic E-state index is 0.140. The molecule has 7 heteroatoms. The first-order valence-corrected chi connectivity index (χ1v) is 9.48. The van der Waals surface area contributed by atoms with Gasteiger partial charge in [0.05, 0.1) is 22.9 Å². The smallest absolute Gasteiger partial charge is 0.258 e. The molecule has 0 radical (unpaired) electrons. The molecule has 0 saturated carbocycles. The summed E-state index contributed by atoms with van der Waals surface area (Å²) in [7, 11) is 0. The summed E-state index contributed by atoms with van der Waals surface area (Å²) in [6.07, 6.45) is 0. The fourth-order valence-corrected chi connectivity index (χ4v) is 3.45. The van der Waals surface area contributed by atoms with Crippen LogP contribution in [0.3, 0.4) is 0 Å². The highest BCUT2D eigenvalue weighted by Crippen LogP contribution is 2.23. The van der Waals surface area contributed by atoms with E-state index in [0.29, 0.717) is 16.7 Å². The lowest BCUT2D eigenvalue weighted by atomic mass is 10.1. The summed E-state index contributed by atoms with van der Waals surface area (Å²) in [5, 5.41) is 22.7. The van der Waals surface area contributed by atoms with Gasteiger partial charge in [0.2, 0.25) is 0 Å². The van der Waals surface area contributed by atoms with Crippen LogP contribution in [0.15, 0.2) is 78.9 Å². The monoisotopic (exact) mass is 407 g/mol. The Kier molecular flexibility index (Phi) is 4.38. The Hall–Kier alpha value is -4.57. The molecule has 5 rings (SSSR count). The Bertz CT molecular complexity index is 1510. The molecule has 0 spiro atoms. The number of halogens is 1. The van der Waals surface area contributed by atoms with Gasteiger partial charge in [0.25, 0.3) is 5.91 Å². The Morgan fingerprint density at radius 1 is 0.935 bits per heavy atom. The number of hydrogen-bond acceptors (Lipinski definition) is 4. The second-order valence-electron chi connectivity index (χ2n) is 6.95. The molecule has 0 unspecified atom stereocenters. The molecule has 1 amide bonds. The van der Waals surface area contributed by atoms with Gasteiger partial charge in [0.1, 0.15) is 16.9 Å². The van der Waals surface area contributed by atoms with E-state index in [2.05, 4.69) is 15.5 Å². The number of aromatic nitrogens is 3. The van der Waals surface area contributed by atoms with E-state index in [4.69, 9.17) is 5.26 Å². The predicted octanol–water partition coefficient (Wildman–Crippen LogP) is 4.84. The number of rotatable bonds is 3. The third kappa shape index (κ3) is 3.36. The van der Waals surface area contributed by atoms with Crippen molar-refractivity contribution in [2.75, 3.05) is 5.32 Å². The van der Waals surface area contributed by atoms with Crippen molar-refractivity contribution in [1.82, 2.24) is 15.0 Å². The highest BCUT2D eigenvalue weighted by Gasteiger charge is 2.14. The number of amides is 1. The van der Waals surface area contributed by atoms with Gasteiger partial charge in [-0.1, -0.05) is 36.4 Å². The summed E-state index contributed by atoms with van der Waals surface area (Å²) in [6, 6.07) is 24.6. The Morgan fingerprint density at radius 3 is 2.58 bits per heavy atom. The lowest BCUT2D eigenvalue weighted by Crippen LogP contribution is -2.13. The molecule has 4 aromatic carbocycles. The van der Waals surface area contributed by atoms with Gasteiger partial charge in [0, 0.05) is 11.1 Å². The van der Waals surface area contributed by atoms with E-state index in [9.17, 15) is 9.18 Å². The summed E-state index contributed by atoms with van der Waals surface area (Å²) in [6.45, 7) is 0. The minimum atomic E-state index is -0.750. The van der Waals surface area contributed by atoms with Crippen LogP contribution >= 0.6 is 0 Å². The van der Waals surface area contributed by atoms with Crippen LogP contribution in [0.5, 0.6) is 0 Å². The van der Waals surface area contributed by atoms with E-state index in [-0.39, 0.29) is 11.1 Å². The molecular formula is C24H14FN5O. The lowest BCUT2D eigenvalue weighted by Gasteiger charge is -2.06. The van der Waals surface area contributed by atoms with Crippen molar-refractivity contribution in [3.8, 4) is 11.8 Å². The number of nitrogens with one attached hydrogen (secondary N) is 1. The third-order valence-electron chi connectivity index (χ3n) is 4.96. The lowest BCUT2D eigenvalue weighted by molar-refractivity contribution is 0.102. The first kappa shape index (κ1) is 18.5.